The molecule has 0 amide bonds. The molecule has 0 bridgehead atoms. The monoisotopic (exact) mass is 556 g/mol. The van der Waals surface area contributed by atoms with Crippen LogP contribution < -0.4 is 0 Å². The van der Waals surface area contributed by atoms with Gasteiger partial charge in [-0.25, -0.2) is 4.98 Å². The SMILES string of the molecule is O=S(=O)(O)c1ccccn1.[Ir].[c-]1ccccc1-c1cc2ccccc2cn1. The molecule has 1 radical (unpaired) electrons. The molecule has 0 spiro atoms. The molecule has 27 heavy (non-hydrogen) atoms. The fourth-order valence-electron chi connectivity index (χ4n) is 2.28. The maximum atomic E-state index is 10.3. The average molecular weight is 556 g/mol. The first-order valence-corrected chi connectivity index (χ1v) is 9.18. The molecule has 139 valence electrons. The van der Waals surface area contributed by atoms with E-state index in [1.54, 1.807) is 6.07 Å². The van der Waals surface area contributed by atoms with Crippen molar-refractivity contribution in [2.24, 2.45) is 0 Å². The van der Waals surface area contributed by atoms with Crippen molar-refractivity contribution in [1.29, 1.82) is 0 Å². The number of fused-ring (bicyclic) bond motifs is 1. The van der Waals surface area contributed by atoms with Gasteiger partial charge in [0.2, 0.25) is 0 Å². The fourth-order valence-corrected chi connectivity index (χ4v) is 2.73. The summed E-state index contributed by atoms with van der Waals surface area (Å²) < 4.78 is 29.1. The van der Waals surface area contributed by atoms with Crippen LogP contribution in [-0.4, -0.2) is 22.9 Å². The van der Waals surface area contributed by atoms with Gasteiger partial charge in [-0.1, -0.05) is 36.4 Å². The van der Waals surface area contributed by atoms with Crippen LogP contribution in [0.4, 0.5) is 0 Å². The van der Waals surface area contributed by atoms with E-state index in [9.17, 15) is 8.42 Å². The summed E-state index contributed by atoms with van der Waals surface area (Å²) in [5.74, 6) is 0. The van der Waals surface area contributed by atoms with E-state index < -0.39 is 10.1 Å². The van der Waals surface area contributed by atoms with Crippen LogP contribution in [0.5, 0.6) is 0 Å². The van der Waals surface area contributed by atoms with Gasteiger partial charge in [0, 0.05) is 32.5 Å². The summed E-state index contributed by atoms with van der Waals surface area (Å²) in [4.78, 5) is 7.86. The molecule has 0 aliphatic heterocycles. The number of nitrogens with zero attached hydrogens (tertiary/aromatic N) is 2. The quantitative estimate of drug-likeness (QED) is 0.299. The summed E-state index contributed by atoms with van der Waals surface area (Å²) in [6, 6.07) is 25.7. The Hall–Kier alpha value is -2.44. The normalized spacial score (nSPS) is 10.4. The third-order valence-corrected chi connectivity index (χ3v) is 4.29. The summed E-state index contributed by atoms with van der Waals surface area (Å²) in [7, 11) is -4.11. The van der Waals surface area contributed by atoms with Crippen molar-refractivity contribution in [1.82, 2.24) is 9.97 Å². The molecular formula is C20H15IrN2O3S-. The summed E-state index contributed by atoms with van der Waals surface area (Å²) in [6.07, 6.45) is 3.20. The summed E-state index contributed by atoms with van der Waals surface area (Å²) in [5, 5.41) is 2.06. The molecule has 2 aromatic carbocycles. The summed E-state index contributed by atoms with van der Waals surface area (Å²) in [6.45, 7) is 0. The van der Waals surface area contributed by atoms with Crippen molar-refractivity contribution in [2.45, 2.75) is 5.03 Å². The van der Waals surface area contributed by atoms with Crippen LogP contribution in [0.1, 0.15) is 0 Å². The molecule has 0 atom stereocenters. The molecule has 2 aromatic heterocycles. The van der Waals surface area contributed by atoms with E-state index in [0.29, 0.717) is 0 Å². The zero-order valence-corrected chi connectivity index (χ0v) is 17.2. The number of rotatable bonds is 2. The van der Waals surface area contributed by atoms with E-state index in [4.69, 9.17) is 4.55 Å². The zero-order chi connectivity index (χ0) is 18.4. The molecule has 5 nitrogen and oxygen atoms in total. The van der Waals surface area contributed by atoms with Crippen LogP contribution in [0, 0.1) is 6.07 Å². The molecule has 4 aromatic rings. The Morgan fingerprint density at radius 1 is 0.852 bits per heavy atom. The van der Waals surface area contributed by atoms with Crippen molar-refractivity contribution in [3.63, 3.8) is 0 Å². The smallest absolute Gasteiger partial charge is 0.304 e. The van der Waals surface area contributed by atoms with Crippen LogP contribution in [0.2, 0.25) is 0 Å². The molecule has 4 rings (SSSR count). The Balaban J connectivity index is 0.000000208. The molecule has 0 unspecified atom stereocenters. The Kier molecular flexibility index (Phi) is 7.33. The predicted molar refractivity (Wildman–Crippen MR) is 100 cm³/mol. The fraction of sp³-hybridized carbons (Fsp3) is 0. The minimum atomic E-state index is -4.11. The first-order valence-electron chi connectivity index (χ1n) is 7.74. The van der Waals surface area contributed by atoms with Crippen molar-refractivity contribution in [3.05, 3.63) is 91.3 Å². The Bertz CT molecular complexity index is 1110. The van der Waals surface area contributed by atoms with Crippen molar-refractivity contribution in [3.8, 4) is 11.3 Å². The van der Waals surface area contributed by atoms with Crippen molar-refractivity contribution >= 4 is 20.9 Å². The second kappa shape index (κ2) is 9.48. The minimum Gasteiger partial charge on any atom is -0.304 e. The molecule has 0 fully saturated rings. The first kappa shape index (κ1) is 20.9. The standard InChI is InChI=1S/C15H10N.C5H5NO3S.Ir/c1-2-6-12(7-3-1)15-10-13-8-4-5-9-14(13)11-16-15;7-10(8,9)5-3-1-2-4-6-5;/h1-6,8-11H;1-4H,(H,7,8,9);/q-1;;. The maximum Gasteiger partial charge on any atom is 0.312 e. The van der Waals surface area contributed by atoms with Gasteiger partial charge in [0.1, 0.15) is 0 Å². The third-order valence-electron chi connectivity index (χ3n) is 3.52. The molecule has 0 saturated carbocycles. The predicted octanol–water partition coefficient (Wildman–Crippen LogP) is 4.03. The van der Waals surface area contributed by atoms with Gasteiger partial charge in [0.05, 0.1) is 0 Å². The number of aromatic nitrogens is 2. The van der Waals surface area contributed by atoms with E-state index in [2.05, 4.69) is 34.2 Å². The molecule has 0 aliphatic carbocycles. The molecule has 1 N–H and O–H groups in total. The van der Waals surface area contributed by atoms with E-state index in [1.165, 1.54) is 29.1 Å². The minimum absolute atomic E-state index is 0. The third kappa shape index (κ3) is 5.77. The van der Waals surface area contributed by atoms with E-state index >= 15 is 0 Å². The van der Waals surface area contributed by atoms with Gasteiger partial charge in [-0.2, -0.15) is 8.42 Å². The molecular weight excluding hydrogens is 541 g/mol. The number of benzene rings is 2. The van der Waals surface area contributed by atoms with Gasteiger partial charge in [-0.05, 0) is 28.6 Å². The number of pyridine rings is 2. The Morgan fingerprint density at radius 3 is 2.15 bits per heavy atom. The van der Waals surface area contributed by atoms with Gasteiger partial charge in [0.25, 0.3) is 0 Å². The Labute approximate surface area is 171 Å². The molecule has 7 heteroatoms. The second-order valence-electron chi connectivity index (χ2n) is 5.34. The van der Waals surface area contributed by atoms with E-state index in [-0.39, 0.29) is 25.1 Å². The zero-order valence-electron chi connectivity index (χ0n) is 14.0. The van der Waals surface area contributed by atoms with Crippen molar-refractivity contribution in [2.75, 3.05) is 0 Å². The van der Waals surface area contributed by atoms with Gasteiger partial charge < -0.3 is 4.98 Å². The topological polar surface area (TPSA) is 80.2 Å². The van der Waals surface area contributed by atoms with Gasteiger partial charge in [-0.3, -0.25) is 4.55 Å². The molecule has 2 heterocycles. The van der Waals surface area contributed by atoms with Crippen LogP contribution in [0.3, 0.4) is 0 Å². The summed E-state index contributed by atoms with van der Waals surface area (Å²) >= 11 is 0. The first-order chi connectivity index (χ1) is 12.5. The molecule has 0 aliphatic rings. The Morgan fingerprint density at radius 2 is 1.56 bits per heavy atom. The average Bonchev–Trinajstić information content (AvgIpc) is 2.69. The number of hydrogen-bond donors (Lipinski definition) is 1. The van der Waals surface area contributed by atoms with Gasteiger partial charge in [-0.15, -0.1) is 35.9 Å². The van der Waals surface area contributed by atoms with Crippen molar-refractivity contribution < 1.29 is 33.1 Å². The van der Waals surface area contributed by atoms with Gasteiger partial charge in [0.15, 0.2) is 5.03 Å². The number of hydrogen-bond acceptors (Lipinski definition) is 4. The van der Waals surface area contributed by atoms with Gasteiger partial charge >= 0.3 is 10.1 Å². The van der Waals surface area contributed by atoms with E-state index in [0.717, 1.165) is 11.3 Å². The van der Waals surface area contributed by atoms with Crippen LogP contribution in [0.15, 0.2) is 90.2 Å². The second-order valence-corrected chi connectivity index (χ2v) is 6.70. The maximum absolute atomic E-state index is 10.3. The van der Waals surface area contributed by atoms with Crippen LogP contribution in [0.25, 0.3) is 22.0 Å². The summed E-state index contributed by atoms with van der Waals surface area (Å²) in [5.41, 5.74) is 2.01. The van der Waals surface area contributed by atoms with E-state index in [1.807, 2.05) is 42.6 Å². The van der Waals surface area contributed by atoms with Crippen LogP contribution in [-0.2, 0) is 30.2 Å². The van der Waals surface area contributed by atoms with Crippen LogP contribution >= 0.6 is 0 Å². The molecule has 0 saturated heterocycles. The largest absolute Gasteiger partial charge is 0.312 e.